The molecule has 0 saturated carbocycles. The number of phenols is 1. The predicted molar refractivity (Wildman–Crippen MR) is 151 cm³/mol. The van der Waals surface area contributed by atoms with E-state index in [1.54, 1.807) is 43.3 Å². The molecular weight excluding hydrogens is 502 g/mol. The average molecular weight is 532 g/mol. The van der Waals surface area contributed by atoms with E-state index in [4.69, 9.17) is 16.0 Å². The Morgan fingerprint density at radius 2 is 1.79 bits per heavy atom. The summed E-state index contributed by atoms with van der Waals surface area (Å²) < 4.78 is 6.18. The Morgan fingerprint density at radius 1 is 1.03 bits per heavy atom. The minimum Gasteiger partial charge on any atom is -0.506 e. The number of amides is 1. The van der Waals surface area contributed by atoms with Gasteiger partial charge in [-0.25, -0.2) is 0 Å². The van der Waals surface area contributed by atoms with E-state index >= 15 is 0 Å². The van der Waals surface area contributed by atoms with Gasteiger partial charge in [0.05, 0.1) is 16.6 Å². The molecule has 7 nitrogen and oxygen atoms in total. The Labute approximate surface area is 226 Å². The number of nitrogens with zero attached hydrogens (tertiary/aromatic N) is 2. The molecule has 1 fully saturated rings. The molecule has 1 aliphatic rings. The topological polar surface area (TPSA) is 86.0 Å². The van der Waals surface area contributed by atoms with Crippen molar-refractivity contribution in [2.75, 3.05) is 44.2 Å². The van der Waals surface area contributed by atoms with Crippen molar-refractivity contribution in [3.05, 3.63) is 93.1 Å². The third kappa shape index (κ3) is 5.39. The summed E-state index contributed by atoms with van der Waals surface area (Å²) in [7, 11) is 0. The first-order valence-electron chi connectivity index (χ1n) is 12.8. The van der Waals surface area contributed by atoms with E-state index in [0.29, 0.717) is 39.4 Å². The molecule has 1 aliphatic heterocycles. The molecule has 2 N–H and O–H groups in total. The van der Waals surface area contributed by atoms with E-state index in [1.807, 2.05) is 30.3 Å². The highest BCUT2D eigenvalue weighted by molar-refractivity contribution is 6.30. The van der Waals surface area contributed by atoms with Crippen LogP contribution < -0.4 is 15.6 Å². The second-order valence-corrected chi connectivity index (χ2v) is 9.94. The highest BCUT2D eigenvalue weighted by Gasteiger charge is 2.20. The minimum absolute atomic E-state index is 0.134. The first-order valence-corrected chi connectivity index (χ1v) is 13.2. The van der Waals surface area contributed by atoms with Crippen LogP contribution in [0.2, 0.25) is 5.02 Å². The number of fused-ring (bicyclic) bond motifs is 1. The summed E-state index contributed by atoms with van der Waals surface area (Å²) in [5.74, 6) is 0.456. The number of hydrogen-bond acceptors (Lipinski definition) is 6. The van der Waals surface area contributed by atoms with Crippen LogP contribution in [0.15, 0.2) is 75.9 Å². The lowest BCUT2D eigenvalue weighted by Crippen LogP contribution is -2.47. The van der Waals surface area contributed by atoms with Crippen molar-refractivity contribution in [2.24, 2.45) is 0 Å². The minimum atomic E-state index is -0.261. The van der Waals surface area contributed by atoms with Gasteiger partial charge in [0, 0.05) is 48.9 Å². The number of benzene rings is 3. The summed E-state index contributed by atoms with van der Waals surface area (Å²) in [5.41, 5.74) is 2.60. The Kier molecular flexibility index (Phi) is 7.67. The van der Waals surface area contributed by atoms with Gasteiger partial charge in [0.15, 0.2) is 11.0 Å². The van der Waals surface area contributed by atoms with E-state index in [2.05, 4.69) is 15.1 Å². The summed E-state index contributed by atoms with van der Waals surface area (Å²) in [6, 6.07) is 19.6. The number of piperazine rings is 1. The van der Waals surface area contributed by atoms with Gasteiger partial charge in [0.1, 0.15) is 11.5 Å². The molecular formula is C30H30ClN3O4. The predicted octanol–water partition coefficient (Wildman–Crippen LogP) is 5.07. The van der Waals surface area contributed by atoms with Crippen LogP contribution in [0, 0.1) is 6.92 Å². The monoisotopic (exact) mass is 531 g/mol. The van der Waals surface area contributed by atoms with Crippen molar-refractivity contribution in [1.82, 2.24) is 10.2 Å². The van der Waals surface area contributed by atoms with Crippen molar-refractivity contribution in [1.29, 1.82) is 0 Å². The summed E-state index contributed by atoms with van der Waals surface area (Å²) in [4.78, 5) is 30.6. The van der Waals surface area contributed by atoms with Gasteiger partial charge in [-0.05, 0) is 50.2 Å². The van der Waals surface area contributed by atoms with Gasteiger partial charge in [0.25, 0.3) is 5.91 Å². The smallest absolute Gasteiger partial charge is 0.255 e. The van der Waals surface area contributed by atoms with Crippen LogP contribution in [0.5, 0.6) is 5.75 Å². The van der Waals surface area contributed by atoms with Gasteiger partial charge in [-0.1, -0.05) is 48.0 Å². The first kappa shape index (κ1) is 25.8. The third-order valence-corrected chi connectivity index (χ3v) is 7.25. The first-order chi connectivity index (χ1) is 18.4. The maximum Gasteiger partial charge on any atom is 0.255 e. The number of carbonyl (C=O) groups excluding carboxylic acids is 1. The molecule has 8 heteroatoms. The molecule has 1 amide bonds. The fourth-order valence-corrected chi connectivity index (χ4v) is 5.08. The molecule has 0 bridgehead atoms. The van der Waals surface area contributed by atoms with E-state index in [-0.39, 0.29) is 17.1 Å². The quantitative estimate of drug-likeness (QED) is 0.324. The van der Waals surface area contributed by atoms with E-state index in [9.17, 15) is 14.7 Å². The van der Waals surface area contributed by atoms with Crippen LogP contribution >= 0.6 is 11.6 Å². The Bertz CT molecular complexity index is 1510. The maximum absolute atomic E-state index is 13.1. The number of halogens is 1. The fourth-order valence-electron chi connectivity index (χ4n) is 4.92. The average Bonchev–Trinajstić information content (AvgIpc) is 2.94. The Hall–Kier alpha value is -3.81. The fraction of sp³-hybridized carbons (Fsp3) is 0.267. The Morgan fingerprint density at radius 3 is 2.55 bits per heavy atom. The number of phenolic OH excluding ortho intramolecular Hbond substituents is 1. The lowest BCUT2D eigenvalue weighted by molar-refractivity contribution is 0.0952. The van der Waals surface area contributed by atoms with E-state index < -0.39 is 0 Å². The zero-order chi connectivity index (χ0) is 26.6. The SMILES string of the molecule is Cc1c(-c2ccccc2)oc2c(C(=O)NCCCN3CCN(c4cc(Cl)ccc4O)CC3)cccc2c1=O. The summed E-state index contributed by atoms with van der Waals surface area (Å²) >= 11 is 6.10. The van der Waals surface area contributed by atoms with Crippen LogP contribution in [0.25, 0.3) is 22.3 Å². The number of anilines is 1. The number of nitrogens with one attached hydrogen (secondary N) is 1. The van der Waals surface area contributed by atoms with Gasteiger partial charge in [-0.2, -0.15) is 0 Å². The van der Waals surface area contributed by atoms with E-state index in [1.165, 1.54) is 0 Å². The van der Waals surface area contributed by atoms with Crippen molar-refractivity contribution in [3.8, 4) is 17.1 Å². The molecule has 4 aromatic rings. The lowest BCUT2D eigenvalue weighted by Gasteiger charge is -2.36. The summed E-state index contributed by atoms with van der Waals surface area (Å²) in [6.07, 6.45) is 0.789. The van der Waals surface area contributed by atoms with Crippen LogP contribution in [0.3, 0.4) is 0 Å². The maximum atomic E-state index is 13.1. The number of rotatable bonds is 7. The van der Waals surface area contributed by atoms with Crippen LogP contribution in [0.4, 0.5) is 5.69 Å². The Balaban J connectivity index is 1.20. The van der Waals surface area contributed by atoms with Gasteiger partial charge in [0.2, 0.25) is 0 Å². The van der Waals surface area contributed by atoms with Crippen molar-refractivity contribution >= 4 is 34.2 Å². The molecule has 196 valence electrons. The van der Waals surface area contributed by atoms with Gasteiger partial charge in [-0.15, -0.1) is 0 Å². The molecule has 0 radical (unpaired) electrons. The zero-order valence-electron chi connectivity index (χ0n) is 21.2. The standard InChI is InChI=1S/C30H30ClN3O4/c1-20-27(36)23-9-5-10-24(29(23)38-28(20)21-7-3-2-4-8-21)30(37)32-13-6-14-33-15-17-34(18-16-33)25-19-22(31)11-12-26(25)35/h2-5,7-12,19,35H,6,13-18H2,1H3,(H,32,37). The second-order valence-electron chi connectivity index (χ2n) is 9.50. The van der Waals surface area contributed by atoms with Crippen molar-refractivity contribution in [3.63, 3.8) is 0 Å². The molecule has 0 aliphatic carbocycles. The zero-order valence-corrected chi connectivity index (χ0v) is 22.0. The molecule has 0 unspecified atom stereocenters. The van der Waals surface area contributed by atoms with Gasteiger partial charge >= 0.3 is 0 Å². The molecule has 0 spiro atoms. The largest absolute Gasteiger partial charge is 0.506 e. The van der Waals surface area contributed by atoms with E-state index in [0.717, 1.165) is 50.4 Å². The van der Waals surface area contributed by atoms with Gasteiger partial charge in [-0.3, -0.25) is 14.5 Å². The molecule has 0 atom stereocenters. The van der Waals surface area contributed by atoms with Crippen LogP contribution in [0.1, 0.15) is 22.3 Å². The normalized spacial score (nSPS) is 14.1. The number of aromatic hydroxyl groups is 1. The highest BCUT2D eigenvalue weighted by Crippen LogP contribution is 2.31. The van der Waals surface area contributed by atoms with Crippen LogP contribution in [-0.4, -0.2) is 55.2 Å². The highest BCUT2D eigenvalue weighted by atomic mass is 35.5. The van der Waals surface area contributed by atoms with Crippen molar-refractivity contribution < 1.29 is 14.3 Å². The number of para-hydroxylation sites is 1. The lowest BCUT2D eigenvalue weighted by atomic mass is 10.0. The van der Waals surface area contributed by atoms with Gasteiger partial charge < -0.3 is 19.7 Å². The molecule has 1 saturated heterocycles. The second kappa shape index (κ2) is 11.3. The van der Waals surface area contributed by atoms with Crippen molar-refractivity contribution in [2.45, 2.75) is 13.3 Å². The molecule has 5 rings (SSSR count). The molecule has 2 heterocycles. The summed E-state index contributed by atoms with van der Waals surface area (Å²) in [5, 5.41) is 14.2. The molecule has 1 aromatic heterocycles. The molecule has 3 aromatic carbocycles. The van der Waals surface area contributed by atoms with Crippen LogP contribution in [-0.2, 0) is 0 Å². The summed E-state index contributed by atoms with van der Waals surface area (Å²) in [6.45, 7) is 6.39. The molecule has 38 heavy (non-hydrogen) atoms. The number of hydrogen-bond donors (Lipinski definition) is 2. The number of carbonyl (C=O) groups is 1. The third-order valence-electron chi connectivity index (χ3n) is 7.01.